The summed E-state index contributed by atoms with van der Waals surface area (Å²) in [6, 6.07) is 21.1. The first-order valence-electron chi connectivity index (χ1n) is 11.8. The molecule has 0 heterocycles. The zero-order valence-corrected chi connectivity index (χ0v) is 20.4. The number of hydrogen-bond acceptors (Lipinski definition) is 3. The van der Waals surface area contributed by atoms with Gasteiger partial charge in [0.25, 0.3) is 5.91 Å². The number of nitriles is 1. The number of nitrogens with one attached hydrogen (secondary N) is 2. The molecule has 0 saturated heterocycles. The van der Waals surface area contributed by atoms with E-state index in [1.54, 1.807) is 38.1 Å². The van der Waals surface area contributed by atoms with Crippen LogP contribution in [-0.2, 0) is 35.8 Å². The molecule has 37 heavy (non-hydrogen) atoms. The van der Waals surface area contributed by atoms with E-state index in [2.05, 4.69) is 16.7 Å². The maximum atomic E-state index is 13.5. The van der Waals surface area contributed by atoms with E-state index in [1.165, 1.54) is 12.1 Å². The Labute approximate surface area is 213 Å². The van der Waals surface area contributed by atoms with Gasteiger partial charge in [0.1, 0.15) is 5.54 Å². The van der Waals surface area contributed by atoms with Crippen LogP contribution in [0.3, 0.4) is 0 Å². The minimum absolute atomic E-state index is 0.116. The summed E-state index contributed by atoms with van der Waals surface area (Å²) in [5.41, 5.74) is 0.423. The van der Waals surface area contributed by atoms with Crippen molar-refractivity contribution >= 4 is 11.8 Å². The van der Waals surface area contributed by atoms with Crippen LogP contribution >= 0.6 is 0 Å². The minimum Gasteiger partial charge on any atom is -0.350 e. The number of halogens is 3. The number of carbonyl (C=O) groups is 2. The van der Waals surface area contributed by atoms with Gasteiger partial charge in [-0.05, 0) is 60.4 Å². The number of amides is 2. The zero-order chi connectivity index (χ0) is 26.8. The van der Waals surface area contributed by atoms with Crippen molar-refractivity contribution < 1.29 is 22.8 Å². The fourth-order valence-corrected chi connectivity index (χ4v) is 4.52. The summed E-state index contributed by atoms with van der Waals surface area (Å²) in [7, 11) is 0. The van der Waals surface area contributed by atoms with Crippen LogP contribution in [0.25, 0.3) is 0 Å². The lowest BCUT2D eigenvalue weighted by atomic mass is 9.86. The molecule has 0 aromatic heterocycles. The van der Waals surface area contributed by atoms with Gasteiger partial charge in [-0.1, -0.05) is 48.5 Å². The second-order valence-corrected chi connectivity index (χ2v) is 9.85. The van der Waals surface area contributed by atoms with Crippen molar-refractivity contribution in [2.45, 2.75) is 50.4 Å². The normalized spacial score (nSPS) is 14.4. The molecule has 2 N–H and O–H groups in total. The first-order chi connectivity index (χ1) is 17.4. The van der Waals surface area contributed by atoms with Gasteiger partial charge in [-0.3, -0.25) is 9.59 Å². The Hall–Kier alpha value is -4.12. The number of benzene rings is 3. The van der Waals surface area contributed by atoms with Crippen LogP contribution in [0.2, 0.25) is 0 Å². The standard InChI is InChI=1S/C29H26F3N3O2/c1-27(2,18-33)23-12-10-20(11-13-23)25(36)35-28(15-21-7-3-4-8-22(21)16-28)26(37)34-17-19-6-5-9-24(14-19)29(30,31)32/h3-14H,15-17H2,1-2H3,(H,34,37)(H,35,36). The van der Waals surface area contributed by atoms with Gasteiger partial charge in [0.15, 0.2) is 0 Å². The van der Waals surface area contributed by atoms with E-state index < -0.39 is 34.5 Å². The van der Waals surface area contributed by atoms with Gasteiger partial charge in [-0.2, -0.15) is 18.4 Å². The molecule has 0 unspecified atom stereocenters. The van der Waals surface area contributed by atoms with Gasteiger partial charge in [-0.15, -0.1) is 0 Å². The largest absolute Gasteiger partial charge is 0.416 e. The van der Waals surface area contributed by atoms with E-state index in [0.29, 0.717) is 11.1 Å². The SMILES string of the molecule is CC(C)(C#N)c1ccc(C(=O)NC2(C(=O)NCc3cccc(C(F)(F)F)c3)Cc3ccccc3C2)cc1. The van der Waals surface area contributed by atoms with E-state index in [4.69, 9.17) is 0 Å². The maximum absolute atomic E-state index is 13.5. The summed E-state index contributed by atoms with van der Waals surface area (Å²) in [4.78, 5) is 26.7. The van der Waals surface area contributed by atoms with Crippen molar-refractivity contribution in [1.82, 2.24) is 10.6 Å². The molecule has 0 atom stereocenters. The van der Waals surface area contributed by atoms with Crippen molar-refractivity contribution in [2.24, 2.45) is 0 Å². The third kappa shape index (κ3) is 5.51. The zero-order valence-electron chi connectivity index (χ0n) is 20.4. The first-order valence-corrected chi connectivity index (χ1v) is 11.8. The van der Waals surface area contributed by atoms with Crippen LogP contribution in [0.15, 0.2) is 72.8 Å². The molecule has 1 aliphatic rings. The summed E-state index contributed by atoms with van der Waals surface area (Å²) in [5.74, 6) is -0.931. The number of nitrogens with zero attached hydrogens (tertiary/aromatic N) is 1. The van der Waals surface area contributed by atoms with Crippen LogP contribution in [-0.4, -0.2) is 17.4 Å². The first kappa shape index (κ1) is 26.0. The van der Waals surface area contributed by atoms with E-state index in [9.17, 15) is 28.0 Å². The summed E-state index contributed by atoms with van der Waals surface area (Å²) in [5, 5.41) is 15.0. The van der Waals surface area contributed by atoms with Gasteiger partial charge in [0.05, 0.1) is 17.0 Å². The predicted molar refractivity (Wildman–Crippen MR) is 132 cm³/mol. The summed E-state index contributed by atoms with van der Waals surface area (Å²) in [6.07, 6.45) is -3.98. The molecule has 0 spiro atoms. The molecule has 0 aliphatic heterocycles. The predicted octanol–water partition coefficient (Wildman–Crippen LogP) is 5.09. The second-order valence-electron chi connectivity index (χ2n) is 9.85. The molecular weight excluding hydrogens is 479 g/mol. The van der Waals surface area contributed by atoms with E-state index in [0.717, 1.165) is 28.8 Å². The molecule has 190 valence electrons. The van der Waals surface area contributed by atoms with Crippen LogP contribution in [0.5, 0.6) is 0 Å². The van der Waals surface area contributed by atoms with Crippen LogP contribution < -0.4 is 10.6 Å². The number of rotatable bonds is 6. The summed E-state index contributed by atoms with van der Waals surface area (Å²) >= 11 is 0. The summed E-state index contributed by atoms with van der Waals surface area (Å²) < 4.78 is 39.3. The molecule has 0 fully saturated rings. The number of carbonyl (C=O) groups excluding carboxylic acids is 2. The molecule has 4 rings (SSSR count). The van der Waals surface area contributed by atoms with Gasteiger partial charge in [0, 0.05) is 24.9 Å². The Kier molecular flexibility index (Phi) is 6.83. The van der Waals surface area contributed by atoms with Gasteiger partial charge in [-0.25, -0.2) is 0 Å². The molecule has 8 heteroatoms. The lowest BCUT2D eigenvalue weighted by Crippen LogP contribution is -2.59. The molecule has 3 aromatic carbocycles. The Morgan fingerprint density at radius 2 is 1.54 bits per heavy atom. The number of fused-ring (bicyclic) bond motifs is 1. The quantitative estimate of drug-likeness (QED) is 0.490. The molecule has 1 aliphatic carbocycles. The van der Waals surface area contributed by atoms with Crippen molar-refractivity contribution in [3.05, 3.63) is 106 Å². The second kappa shape index (κ2) is 9.74. The monoisotopic (exact) mass is 505 g/mol. The third-order valence-corrected chi connectivity index (χ3v) is 6.75. The minimum atomic E-state index is -4.49. The lowest BCUT2D eigenvalue weighted by Gasteiger charge is -2.29. The summed E-state index contributed by atoms with van der Waals surface area (Å²) in [6.45, 7) is 3.44. The highest BCUT2D eigenvalue weighted by Crippen LogP contribution is 2.32. The topological polar surface area (TPSA) is 82.0 Å². The molecular formula is C29H26F3N3O2. The Morgan fingerprint density at radius 3 is 2.11 bits per heavy atom. The van der Waals surface area contributed by atoms with E-state index in [-0.39, 0.29) is 19.4 Å². The highest BCUT2D eigenvalue weighted by Gasteiger charge is 2.45. The van der Waals surface area contributed by atoms with E-state index >= 15 is 0 Å². The Balaban J connectivity index is 1.56. The van der Waals surface area contributed by atoms with Crippen LogP contribution in [0, 0.1) is 11.3 Å². The highest BCUT2D eigenvalue weighted by molar-refractivity contribution is 6.00. The van der Waals surface area contributed by atoms with Gasteiger partial charge < -0.3 is 10.6 Å². The van der Waals surface area contributed by atoms with Crippen molar-refractivity contribution in [3.63, 3.8) is 0 Å². The van der Waals surface area contributed by atoms with Gasteiger partial charge in [0.2, 0.25) is 5.91 Å². The molecule has 2 amide bonds. The van der Waals surface area contributed by atoms with E-state index in [1.807, 2.05) is 24.3 Å². The molecule has 0 bridgehead atoms. The van der Waals surface area contributed by atoms with Crippen molar-refractivity contribution in [2.75, 3.05) is 0 Å². The number of alkyl halides is 3. The molecule has 0 radical (unpaired) electrons. The molecule has 5 nitrogen and oxygen atoms in total. The van der Waals surface area contributed by atoms with Crippen LogP contribution in [0.4, 0.5) is 13.2 Å². The lowest BCUT2D eigenvalue weighted by molar-refractivity contribution is -0.137. The van der Waals surface area contributed by atoms with Crippen LogP contribution in [0.1, 0.15) is 52.0 Å². The smallest absolute Gasteiger partial charge is 0.350 e. The molecule has 0 saturated carbocycles. The van der Waals surface area contributed by atoms with Crippen molar-refractivity contribution in [3.8, 4) is 6.07 Å². The average molecular weight is 506 g/mol. The average Bonchev–Trinajstić information content (AvgIpc) is 3.26. The Morgan fingerprint density at radius 1 is 0.919 bits per heavy atom. The fraction of sp³-hybridized carbons (Fsp3) is 0.276. The third-order valence-electron chi connectivity index (χ3n) is 6.75. The van der Waals surface area contributed by atoms with Gasteiger partial charge >= 0.3 is 6.18 Å². The number of hydrogen-bond donors (Lipinski definition) is 2. The Bertz CT molecular complexity index is 1350. The highest BCUT2D eigenvalue weighted by atomic mass is 19.4. The maximum Gasteiger partial charge on any atom is 0.416 e. The van der Waals surface area contributed by atoms with Crippen molar-refractivity contribution in [1.29, 1.82) is 5.26 Å². The molecule has 3 aromatic rings. The fourth-order valence-electron chi connectivity index (χ4n) is 4.52.